The molecule has 1 rings (SSSR count). The van der Waals surface area contributed by atoms with Gasteiger partial charge in [0.15, 0.2) is 0 Å². The van der Waals surface area contributed by atoms with Crippen LogP contribution in [0.1, 0.15) is 25.0 Å². The van der Waals surface area contributed by atoms with Crippen molar-refractivity contribution < 1.29 is 4.39 Å². The Kier molecular flexibility index (Phi) is 5.94. The van der Waals surface area contributed by atoms with Crippen LogP contribution in [0.25, 0.3) is 0 Å². The molecule has 104 valence electrons. The van der Waals surface area contributed by atoms with Gasteiger partial charge in [-0.1, -0.05) is 19.9 Å². The van der Waals surface area contributed by atoms with Crippen LogP contribution in [0.5, 0.6) is 0 Å². The summed E-state index contributed by atoms with van der Waals surface area (Å²) in [5, 5.41) is 12.1. The van der Waals surface area contributed by atoms with Gasteiger partial charge in [-0.25, -0.2) is 4.39 Å². The van der Waals surface area contributed by atoms with Gasteiger partial charge in [0.2, 0.25) is 0 Å². The van der Waals surface area contributed by atoms with Gasteiger partial charge in [-0.2, -0.15) is 5.26 Å². The van der Waals surface area contributed by atoms with E-state index in [9.17, 15) is 4.39 Å². The molecule has 0 spiro atoms. The topological polar surface area (TPSA) is 39.1 Å². The monoisotopic (exact) mass is 263 g/mol. The van der Waals surface area contributed by atoms with Gasteiger partial charge in [0, 0.05) is 19.1 Å². The SMILES string of the molecule is CC(C)C(CNCc1ccc(F)c(C#N)c1)N(C)C. The van der Waals surface area contributed by atoms with Gasteiger partial charge in [-0.05, 0) is 37.7 Å². The second kappa shape index (κ2) is 7.22. The van der Waals surface area contributed by atoms with E-state index in [2.05, 4.69) is 38.2 Å². The van der Waals surface area contributed by atoms with E-state index in [1.807, 2.05) is 6.07 Å². The van der Waals surface area contributed by atoms with Crippen LogP contribution in [-0.2, 0) is 6.54 Å². The van der Waals surface area contributed by atoms with Crippen molar-refractivity contribution in [3.8, 4) is 6.07 Å². The second-order valence-corrected chi connectivity index (χ2v) is 5.33. The summed E-state index contributed by atoms with van der Waals surface area (Å²) >= 11 is 0. The largest absolute Gasteiger partial charge is 0.311 e. The fraction of sp³-hybridized carbons (Fsp3) is 0.533. The lowest BCUT2D eigenvalue weighted by atomic mass is 10.0. The average molecular weight is 263 g/mol. The zero-order chi connectivity index (χ0) is 14.4. The van der Waals surface area contributed by atoms with Crippen molar-refractivity contribution in [2.75, 3.05) is 20.6 Å². The number of halogens is 1. The summed E-state index contributed by atoms with van der Waals surface area (Å²) in [7, 11) is 4.13. The van der Waals surface area contributed by atoms with Crippen molar-refractivity contribution in [1.82, 2.24) is 10.2 Å². The number of nitrogens with zero attached hydrogens (tertiary/aromatic N) is 2. The maximum absolute atomic E-state index is 13.2. The van der Waals surface area contributed by atoms with Gasteiger partial charge < -0.3 is 10.2 Å². The highest BCUT2D eigenvalue weighted by Gasteiger charge is 2.14. The first-order valence-corrected chi connectivity index (χ1v) is 6.51. The van der Waals surface area contributed by atoms with Crippen LogP contribution in [0.3, 0.4) is 0 Å². The van der Waals surface area contributed by atoms with Gasteiger partial charge in [-0.3, -0.25) is 0 Å². The molecule has 1 N–H and O–H groups in total. The zero-order valence-corrected chi connectivity index (χ0v) is 12.1. The molecule has 0 radical (unpaired) electrons. The van der Waals surface area contributed by atoms with Crippen LogP contribution < -0.4 is 5.32 Å². The van der Waals surface area contributed by atoms with Gasteiger partial charge in [0.25, 0.3) is 0 Å². The number of hydrogen-bond acceptors (Lipinski definition) is 3. The first-order valence-electron chi connectivity index (χ1n) is 6.51. The Morgan fingerprint density at radius 3 is 2.58 bits per heavy atom. The molecule has 0 aliphatic rings. The van der Waals surface area contributed by atoms with Crippen LogP contribution in [-0.4, -0.2) is 31.6 Å². The minimum Gasteiger partial charge on any atom is -0.311 e. The Labute approximate surface area is 115 Å². The molecule has 19 heavy (non-hydrogen) atoms. The second-order valence-electron chi connectivity index (χ2n) is 5.33. The van der Waals surface area contributed by atoms with E-state index >= 15 is 0 Å². The van der Waals surface area contributed by atoms with E-state index in [1.54, 1.807) is 12.1 Å². The molecular weight excluding hydrogens is 241 g/mol. The molecular formula is C15H22FN3. The third kappa shape index (κ3) is 4.62. The highest BCUT2D eigenvalue weighted by atomic mass is 19.1. The summed E-state index contributed by atoms with van der Waals surface area (Å²) in [5.41, 5.74) is 1.03. The molecule has 3 nitrogen and oxygen atoms in total. The molecule has 0 amide bonds. The number of likely N-dealkylation sites (N-methyl/N-ethyl adjacent to an activating group) is 1. The van der Waals surface area contributed by atoms with Crippen molar-refractivity contribution in [1.29, 1.82) is 5.26 Å². The quantitative estimate of drug-likeness (QED) is 0.856. The van der Waals surface area contributed by atoms with Crippen molar-refractivity contribution in [3.05, 3.63) is 35.1 Å². The van der Waals surface area contributed by atoms with Gasteiger partial charge in [0.1, 0.15) is 11.9 Å². The molecule has 0 aliphatic carbocycles. The normalized spacial score (nSPS) is 12.7. The van der Waals surface area contributed by atoms with Crippen LogP contribution in [0, 0.1) is 23.1 Å². The molecule has 1 atom stereocenters. The van der Waals surface area contributed by atoms with E-state index < -0.39 is 5.82 Å². The highest BCUT2D eigenvalue weighted by molar-refractivity contribution is 5.34. The zero-order valence-electron chi connectivity index (χ0n) is 12.1. The van der Waals surface area contributed by atoms with Crippen molar-refractivity contribution in [2.24, 2.45) is 5.92 Å². The summed E-state index contributed by atoms with van der Waals surface area (Å²) in [6, 6.07) is 6.97. The average Bonchev–Trinajstić information content (AvgIpc) is 2.35. The molecule has 0 fully saturated rings. The standard InChI is InChI=1S/C15H22FN3/c1-11(2)15(19(3)4)10-18-9-12-5-6-14(16)13(7-12)8-17/h5-7,11,15,18H,9-10H2,1-4H3. The lowest BCUT2D eigenvalue weighted by molar-refractivity contribution is 0.224. The van der Waals surface area contributed by atoms with E-state index in [-0.39, 0.29) is 5.56 Å². The van der Waals surface area contributed by atoms with Crippen LogP contribution in [0.2, 0.25) is 0 Å². The number of nitrogens with one attached hydrogen (secondary N) is 1. The molecule has 0 aromatic heterocycles. The molecule has 0 saturated carbocycles. The first kappa shape index (κ1) is 15.6. The number of nitriles is 1. The third-order valence-electron chi connectivity index (χ3n) is 3.27. The first-order chi connectivity index (χ1) is 8.95. The predicted molar refractivity (Wildman–Crippen MR) is 75.1 cm³/mol. The number of hydrogen-bond donors (Lipinski definition) is 1. The minimum absolute atomic E-state index is 0.104. The Morgan fingerprint density at radius 2 is 2.05 bits per heavy atom. The number of rotatable bonds is 6. The van der Waals surface area contributed by atoms with Crippen molar-refractivity contribution in [2.45, 2.75) is 26.4 Å². The fourth-order valence-corrected chi connectivity index (χ4v) is 2.15. The van der Waals surface area contributed by atoms with Crippen LogP contribution in [0.15, 0.2) is 18.2 Å². The molecule has 0 saturated heterocycles. The fourth-order valence-electron chi connectivity index (χ4n) is 2.15. The highest BCUT2D eigenvalue weighted by Crippen LogP contribution is 2.10. The van der Waals surface area contributed by atoms with E-state index in [4.69, 9.17) is 5.26 Å². The molecule has 4 heteroatoms. The Hall–Kier alpha value is -1.44. The van der Waals surface area contributed by atoms with Gasteiger partial charge in [0.05, 0.1) is 5.56 Å². The summed E-state index contributed by atoms with van der Waals surface area (Å²) < 4.78 is 13.2. The van der Waals surface area contributed by atoms with Gasteiger partial charge in [-0.15, -0.1) is 0 Å². The van der Waals surface area contributed by atoms with E-state index in [1.165, 1.54) is 6.07 Å². The Balaban J connectivity index is 2.56. The molecule has 1 aromatic rings. The Morgan fingerprint density at radius 1 is 1.37 bits per heavy atom. The number of benzene rings is 1. The van der Waals surface area contributed by atoms with Crippen LogP contribution in [0.4, 0.5) is 4.39 Å². The lowest BCUT2D eigenvalue weighted by Crippen LogP contribution is -2.41. The third-order valence-corrected chi connectivity index (χ3v) is 3.27. The summed E-state index contributed by atoms with van der Waals surface area (Å²) in [6.45, 7) is 5.89. The van der Waals surface area contributed by atoms with Crippen molar-refractivity contribution in [3.63, 3.8) is 0 Å². The molecule has 0 heterocycles. The predicted octanol–water partition coefficient (Wildman–Crippen LogP) is 2.37. The summed E-state index contributed by atoms with van der Waals surface area (Å²) in [5.74, 6) is 0.102. The van der Waals surface area contributed by atoms with Crippen molar-refractivity contribution >= 4 is 0 Å². The lowest BCUT2D eigenvalue weighted by Gasteiger charge is -2.28. The Bertz CT molecular complexity index is 441. The molecule has 0 aliphatic heterocycles. The molecule has 1 aromatic carbocycles. The summed E-state index contributed by atoms with van der Waals surface area (Å²) in [4.78, 5) is 2.20. The summed E-state index contributed by atoms with van der Waals surface area (Å²) in [6.07, 6.45) is 0. The van der Waals surface area contributed by atoms with Crippen LogP contribution >= 0.6 is 0 Å². The smallest absolute Gasteiger partial charge is 0.140 e. The van der Waals surface area contributed by atoms with E-state index in [0.717, 1.165) is 12.1 Å². The minimum atomic E-state index is -0.459. The maximum atomic E-state index is 13.2. The van der Waals surface area contributed by atoms with Gasteiger partial charge >= 0.3 is 0 Å². The van der Waals surface area contributed by atoms with E-state index in [0.29, 0.717) is 18.5 Å². The molecule has 1 unspecified atom stereocenters. The molecule has 0 bridgehead atoms. The maximum Gasteiger partial charge on any atom is 0.140 e.